The maximum Gasteiger partial charge on any atom is 0.328 e. The first-order valence-corrected chi connectivity index (χ1v) is 7.85. The monoisotopic (exact) mass is 327 g/mol. The lowest BCUT2D eigenvalue weighted by Gasteiger charge is -2.36. The molecule has 2 N–H and O–H groups in total. The molecule has 2 aliphatic heterocycles. The van der Waals surface area contributed by atoms with Crippen LogP contribution in [0.1, 0.15) is 25.1 Å². The normalized spacial score (nSPS) is 24.2. The predicted molar refractivity (Wildman–Crippen MR) is 85.4 cm³/mol. The number of hydrogen-bond donors (Lipinski definition) is 2. The summed E-state index contributed by atoms with van der Waals surface area (Å²) in [4.78, 5) is 42.6. The van der Waals surface area contributed by atoms with Crippen molar-refractivity contribution in [3.05, 3.63) is 35.5 Å². The SMILES string of the molecule is C[C@@H](C(=O)O)N1C(=O)N2CCc3c([nH]c4ccccc34)C2(C)C1=O. The zero-order valence-electron chi connectivity index (χ0n) is 13.4. The Hall–Kier alpha value is -2.83. The lowest BCUT2D eigenvalue weighted by molar-refractivity contribution is -0.147. The van der Waals surface area contributed by atoms with Gasteiger partial charge in [-0.25, -0.2) is 14.5 Å². The van der Waals surface area contributed by atoms with Crippen molar-refractivity contribution < 1.29 is 19.5 Å². The molecule has 4 rings (SSSR count). The second kappa shape index (κ2) is 4.59. The molecule has 0 radical (unpaired) electrons. The van der Waals surface area contributed by atoms with Crippen molar-refractivity contribution in [1.82, 2.24) is 14.8 Å². The first kappa shape index (κ1) is 14.7. The van der Waals surface area contributed by atoms with Gasteiger partial charge in [0, 0.05) is 17.4 Å². The number of fused-ring (bicyclic) bond motifs is 5. The number of carboxylic acids is 1. The Labute approximate surface area is 137 Å². The van der Waals surface area contributed by atoms with Crippen molar-refractivity contribution in [3.8, 4) is 0 Å². The predicted octanol–water partition coefficient (Wildman–Crippen LogP) is 1.68. The lowest BCUT2D eigenvalue weighted by Crippen LogP contribution is -2.49. The van der Waals surface area contributed by atoms with Crippen LogP contribution in [-0.4, -0.2) is 50.4 Å². The molecule has 7 heteroatoms. The number of imide groups is 1. The van der Waals surface area contributed by atoms with Crippen molar-refractivity contribution in [2.24, 2.45) is 0 Å². The van der Waals surface area contributed by atoms with E-state index in [1.165, 1.54) is 11.8 Å². The molecule has 3 amide bonds. The third kappa shape index (κ3) is 1.59. The number of nitrogens with one attached hydrogen (secondary N) is 1. The van der Waals surface area contributed by atoms with E-state index in [1.54, 1.807) is 6.92 Å². The van der Waals surface area contributed by atoms with Crippen LogP contribution in [-0.2, 0) is 21.5 Å². The molecule has 0 spiro atoms. The summed E-state index contributed by atoms with van der Waals surface area (Å²) in [7, 11) is 0. The summed E-state index contributed by atoms with van der Waals surface area (Å²) in [6.45, 7) is 3.43. The van der Waals surface area contributed by atoms with Crippen LogP contribution in [0.25, 0.3) is 10.9 Å². The number of urea groups is 1. The Bertz CT molecular complexity index is 902. The summed E-state index contributed by atoms with van der Waals surface area (Å²) in [5.41, 5.74) is 1.44. The van der Waals surface area contributed by atoms with Crippen LogP contribution in [0.15, 0.2) is 24.3 Å². The number of carboxylic acid groups (broad SMARTS) is 1. The Morgan fingerprint density at radius 1 is 1.33 bits per heavy atom. The van der Waals surface area contributed by atoms with Gasteiger partial charge < -0.3 is 15.0 Å². The smallest absolute Gasteiger partial charge is 0.328 e. The molecule has 1 aromatic carbocycles. The summed E-state index contributed by atoms with van der Waals surface area (Å²) in [6.07, 6.45) is 0.628. The largest absolute Gasteiger partial charge is 0.480 e. The maximum atomic E-state index is 13.0. The van der Waals surface area contributed by atoms with E-state index in [9.17, 15) is 19.5 Å². The number of hydrogen-bond acceptors (Lipinski definition) is 3. The maximum absolute atomic E-state index is 13.0. The van der Waals surface area contributed by atoms with Gasteiger partial charge in [-0.3, -0.25) is 4.79 Å². The van der Waals surface area contributed by atoms with E-state index in [-0.39, 0.29) is 0 Å². The number of carbonyl (C=O) groups excluding carboxylic acids is 2. The van der Waals surface area contributed by atoms with Gasteiger partial charge in [-0.1, -0.05) is 18.2 Å². The second-order valence-electron chi connectivity index (χ2n) is 6.47. The van der Waals surface area contributed by atoms with Crippen molar-refractivity contribution in [1.29, 1.82) is 0 Å². The van der Waals surface area contributed by atoms with Crippen LogP contribution in [0.5, 0.6) is 0 Å². The Morgan fingerprint density at radius 3 is 2.75 bits per heavy atom. The van der Waals surface area contributed by atoms with Gasteiger partial charge >= 0.3 is 12.0 Å². The third-order valence-corrected chi connectivity index (χ3v) is 5.24. The topological polar surface area (TPSA) is 93.7 Å². The van der Waals surface area contributed by atoms with Crippen LogP contribution in [0, 0.1) is 0 Å². The van der Waals surface area contributed by atoms with Crippen molar-refractivity contribution in [2.75, 3.05) is 6.54 Å². The van der Waals surface area contributed by atoms with Crippen LogP contribution in [0.3, 0.4) is 0 Å². The number of benzene rings is 1. The molecule has 1 saturated heterocycles. The first-order chi connectivity index (χ1) is 11.4. The molecule has 2 aromatic rings. The molecular formula is C17H17N3O4. The highest BCUT2D eigenvalue weighted by Gasteiger charge is 2.60. The number of aromatic nitrogens is 1. The standard InChI is InChI=1S/C17H17N3O4/c1-9(14(21)22)20-15(23)17(2)13-11(7-8-19(17)16(20)24)10-5-3-4-6-12(10)18-13/h3-6,9,18H,7-8H2,1-2H3,(H,21,22)/t9-,17?/m0/s1. The number of rotatable bonds is 2. The highest BCUT2D eigenvalue weighted by atomic mass is 16.4. The molecule has 2 atom stereocenters. The first-order valence-electron chi connectivity index (χ1n) is 7.85. The number of H-pyrrole nitrogens is 1. The fraction of sp³-hybridized carbons (Fsp3) is 0.353. The average molecular weight is 327 g/mol. The van der Waals surface area contributed by atoms with E-state index in [0.717, 1.165) is 21.4 Å². The number of aromatic amines is 1. The highest BCUT2D eigenvalue weighted by molar-refractivity contribution is 6.10. The minimum atomic E-state index is -1.20. The molecule has 1 fully saturated rings. The van der Waals surface area contributed by atoms with E-state index in [1.807, 2.05) is 24.3 Å². The molecule has 24 heavy (non-hydrogen) atoms. The summed E-state index contributed by atoms with van der Waals surface area (Å²) in [5.74, 6) is -1.69. The molecular weight excluding hydrogens is 310 g/mol. The van der Waals surface area contributed by atoms with Gasteiger partial charge in [0.15, 0.2) is 5.54 Å². The molecule has 0 aliphatic carbocycles. The number of carbonyl (C=O) groups is 3. The molecule has 7 nitrogen and oxygen atoms in total. The molecule has 1 unspecified atom stereocenters. The Balaban J connectivity index is 1.91. The van der Waals surface area contributed by atoms with E-state index < -0.39 is 29.5 Å². The molecule has 0 bridgehead atoms. The van der Waals surface area contributed by atoms with Gasteiger partial charge in [0.2, 0.25) is 0 Å². The number of para-hydroxylation sites is 1. The summed E-state index contributed by atoms with van der Waals surface area (Å²) in [5, 5.41) is 10.3. The zero-order valence-corrected chi connectivity index (χ0v) is 13.4. The fourth-order valence-corrected chi connectivity index (χ4v) is 3.87. The molecule has 2 aliphatic rings. The number of nitrogens with zero attached hydrogens (tertiary/aromatic N) is 2. The quantitative estimate of drug-likeness (QED) is 0.821. The van der Waals surface area contributed by atoms with Crippen LogP contribution >= 0.6 is 0 Å². The van der Waals surface area contributed by atoms with Gasteiger partial charge in [-0.15, -0.1) is 0 Å². The number of aliphatic carboxylic acids is 1. The Morgan fingerprint density at radius 2 is 2.04 bits per heavy atom. The van der Waals surface area contributed by atoms with Crippen LogP contribution in [0.4, 0.5) is 4.79 Å². The molecule has 0 saturated carbocycles. The fourth-order valence-electron chi connectivity index (χ4n) is 3.87. The lowest BCUT2D eigenvalue weighted by atomic mass is 9.87. The van der Waals surface area contributed by atoms with Gasteiger partial charge in [-0.05, 0) is 31.9 Å². The molecule has 3 heterocycles. The van der Waals surface area contributed by atoms with Gasteiger partial charge in [-0.2, -0.15) is 0 Å². The minimum absolute atomic E-state index is 0.388. The third-order valence-electron chi connectivity index (χ3n) is 5.24. The molecule has 124 valence electrons. The second-order valence-corrected chi connectivity index (χ2v) is 6.47. The zero-order chi connectivity index (χ0) is 17.2. The average Bonchev–Trinajstić information content (AvgIpc) is 3.02. The van der Waals surface area contributed by atoms with Gasteiger partial charge in [0.1, 0.15) is 6.04 Å². The molecule has 1 aromatic heterocycles. The summed E-state index contributed by atoms with van der Waals surface area (Å²) < 4.78 is 0. The van der Waals surface area contributed by atoms with Gasteiger partial charge in [0.05, 0.1) is 5.69 Å². The van der Waals surface area contributed by atoms with E-state index in [0.29, 0.717) is 18.7 Å². The Kier molecular flexibility index (Phi) is 2.82. The van der Waals surface area contributed by atoms with E-state index in [2.05, 4.69) is 4.98 Å². The summed E-state index contributed by atoms with van der Waals surface area (Å²) in [6, 6.07) is 6.03. The van der Waals surface area contributed by atoms with Crippen molar-refractivity contribution in [3.63, 3.8) is 0 Å². The van der Waals surface area contributed by atoms with E-state index in [4.69, 9.17) is 0 Å². The van der Waals surface area contributed by atoms with Crippen molar-refractivity contribution >= 4 is 28.8 Å². The van der Waals surface area contributed by atoms with Gasteiger partial charge in [0.25, 0.3) is 5.91 Å². The number of amides is 3. The van der Waals surface area contributed by atoms with E-state index >= 15 is 0 Å². The summed E-state index contributed by atoms with van der Waals surface area (Å²) >= 11 is 0. The van der Waals surface area contributed by atoms with Crippen molar-refractivity contribution in [2.45, 2.75) is 31.8 Å². The minimum Gasteiger partial charge on any atom is -0.480 e. The van der Waals surface area contributed by atoms with Crippen LogP contribution < -0.4 is 0 Å². The highest BCUT2D eigenvalue weighted by Crippen LogP contribution is 2.44. The van der Waals surface area contributed by atoms with Crippen LogP contribution in [0.2, 0.25) is 0 Å².